The Bertz CT molecular complexity index is 1050. The van der Waals surface area contributed by atoms with Crippen molar-refractivity contribution in [1.29, 1.82) is 0 Å². The quantitative estimate of drug-likeness (QED) is 0.571. The highest BCUT2D eigenvalue weighted by Crippen LogP contribution is 2.30. The fourth-order valence-electron chi connectivity index (χ4n) is 4.11. The molecule has 2 aliphatic rings. The van der Waals surface area contributed by atoms with Gasteiger partial charge in [-0.05, 0) is 62.8 Å². The highest BCUT2D eigenvalue weighted by Gasteiger charge is 2.27. The van der Waals surface area contributed by atoms with E-state index in [0.717, 1.165) is 55.6 Å². The van der Waals surface area contributed by atoms with E-state index >= 15 is 0 Å². The number of halogens is 1. The second-order valence-corrected chi connectivity index (χ2v) is 8.87. The van der Waals surface area contributed by atoms with Gasteiger partial charge in [0.2, 0.25) is 0 Å². The minimum atomic E-state index is -0.112. The maximum atomic E-state index is 12.1. The monoisotopic (exact) mass is 439 g/mol. The van der Waals surface area contributed by atoms with Gasteiger partial charge in [0, 0.05) is 17.6 Å². The van der Waals surface area contributed by atoms with Crippen LogP contribution in [0.3, 0.4) is 0 Å². The number of amides is 1. The lowest BCUT2D eigenvalue weighted by molar-refractivity contribution is 0.0946. The first-order valence-electron chi connectivity index (χ1n) is 11.0. The lowest BCUT2D eigenvalue weighted by Crippen LogP contribution is -2.33. The molecule has 0 aliphatic heterocycles. The molecule has 0 unspecified atom stereocenters. The number of rotatable bonds is 7. The van der Waals surface area contributed by atoms with Crippen LogP contribution in [0.15, 0.2) is 47.0 Å². The molecule has 8 heteroatoms. The number of furan rings is 1. The molecule has 5 rings (SSSR count). The molecule has 2 aromatic heterocycles. The standard InChI is InChI=1S/C23H26ClN5O2/c24-20-4-2-1-3-19(20)22-12-11-18(31-22)13-25-15-7-9-17(10-8-15)29-14-21(27-28-29)23(30)26-16-5-6-16/h1-4,11-12,14-17,25H,5-10,13H2,(H,26,30). The number of nitrogens with one attached hydrogen (secondary N) is 2. The van der Waals surface area contributed by atoms with Crippen LogP contribution in [0, 0.1) is 0 Å². The zero-order valence-corrected chi connectivity index (χ0v) is 18.0. The molecule has 0 saturated heterocycles. The first-order valence-corrected chi connectivity index (χ1v) is 11.3. The Balaban J connectivity index is 1.10. The van der Waals surface area contributed by atoms with Gasteiger partial charge in [-0.25, -0.2) is 4.68 Å². The normalized spacial score (nSPS) is 21.2. The number of carbonyl (C=O) groups excluding carboxylic acids is 1. The van der Waals surface area contributed by atoms with Crippen molar-refractivity contribution < 1.29 is 9.21 Å². The van der Waals surface area contributed by atoms with Crippen molar-refractivity contribution in [2.24, 2.45) is 0 Å². The van der Waals surface area contributed by atoms with Crippen molar-refractivity contribution in [2.45, 2.75) is 63.2 Å². The molecular weight excluding hydrogens is 414 g/mol. The van der Waals surface area contributed by atoms with Crippen molar-refractivity contribution in [1.82, 2.24) is 25.6 Å². The SMILES string of the molecule is O=C(NC1CC1)c1cn(C2CCC(NCc3ccc(-c4ccccc4Cl)o3)CC2)nn1. The van der Waals surface area contributed by atoms with Crippen LogP contribution in [0.2, 0.25) is 5.02 Å². The van der Waals surface area contributed by atoms with Gasteiger partial charge in [-0.1, -0.05) is 28.9 Å². The molecular formula is C23H26ClN5O2. The van der Waals surface area contributed by atoms with Crippen LogP contribution in [0.25, 0.3) is 11.3 Å². The Morgan fingerprint density at radius 2 is 1.84 bits per heavy atom. The average Bonchev–Trinajstić information content (AvgIpc) is 3.27. The van der Waals surface area contributed by atoms with E-state index in [1.54, 1.807) is 6.20 Å². The van der Waals surface area contributed by atoms with E-state index in [1.807, 2.05) is 41.1 Å². The van der Waals surface area contributed by atoms with E-state index in [2.05, 4.69) is 20.9 Å². The van der Waals surface area contributed by atoms with Gasteiger partial charge in [0.25, 0.3) is 5.91 Å². The van der Waals surface area contributed by atoms with Crippen LogP contribution in [-0.4, -0.2) is 33.0 Å². The summed E-state index contributed by atoms with van der Waals surface area (Å²) in [6.45, 7) is 0.689. The van der Waals surface area contributed by atoms with E-state index in [0.29, 0.717) is 35.4 Å². The third-order valence-corrected chi connectivity index (χ3v) is 6.42. The Morgan fingerprint density at radius 3 is 2.61 bits per heavy atom. The van der Waals surface area contributed by atoms with E-state index in [9.17, 15) is 4.79 Å². The maximum absolute atomic E-state index is 12.1. The summed E-state index contributed by atoms with van der Waals surface area (Å²) in [5, 5.41) is 15.5. The highest BCUT2D eigenvalue weighted by molar-refractivity contribution is 6.33. The van der Waals surface area contributed by atoms with Crippen molar-refractivity contribution >= 4 is 17.5 Å². The molecule has 0 radical (unpaired) electrons. The number of hydrogen-bond acceptors (Lipinski definition) is 5. The fourth-order valence-corrected chi connectivity index (χ4v) is 4.34. The van der Waals surface area contributed by atoms with Gasteiger partial charge >= 0.3 is 0 Å². The van der Waals surface area contributed by atoms with Crippen LogP contribution >= 0.6 is 11.6 Å². The van der Waals surface area contributed by atoms with Crippen molar-refractivity contribution in [3.8, 4) is 11.3 Å². The van der Waals surface area contributed by atoms with Gasteiger partial charge in [0.05, 0.1) is 23.8 Å². The third kappa shape index (κ3) is 4.83. The van der Waals surface area contributed by atoms with Gasteiger partial charge in [0.15, 0.2) is 5.69 Å². The van der Waals surface area contributed by atoms with Gasteiger partial charge in [-0.15, -0.1) is 5.10 Å². The van der Waals surface area contributed by atoms with E-state index in [-0.39, 0.29) is 5.91 Å². The largest absolute Gasteiger partial charge is 0.460 e. The summed E-state index contributed by atoms with van der Waals surface area (Å²) in [5.74, 6) is 1.58. The third-order valence-electron chi connectivity index (χ3n) is 6.09. The Morgan fingerprint density at radius 1 is 1.06 bits per heavy atom. The molecule has 1 aromatic carbocycles. The topological polar surface area (TPSA) is 85.0 Å². The minimum absolute atomic E-state index is 0.112. The second-order valence-electron chi connectivity index (χ2n) is 8.46. The van der Waals surface area contributed by atoms with Crippen molar-refractivity contribution in [3.63, 3.8) is 0 Å². The van der Waals surface area contributed by atoms with Gasteiger partial charge in [-0.2, -0.15) is 0 Å². The number of hydrogen-bond donors (Lipinski definition) is 2. The summed E-state index contributed by atoms with van der Waals surface area (Å²) < 4.78 is 7.84. The minimum Gasteiger partial charge on any atom is -0.460 e. The van der Waals surface area contributed by atoms with Crippen LogP contribution in [-0.2, 0) is 6.54 Å². The number of nitrogens with zero attached hydrogens (tertiary/aromatic N) is 3. The first kappa shape index (κ1) is 20.3. The molecule has 2 heterocycles. The van der Waals surface area contributed by atoms with Crippen LogP contribution in [0.5, 0.6) is 0 Å². The van der Waals surface area contributed by atoms with E-state index < -0.39 is 0 Å². The van der Waals surface area contributed by atoms with Gasteiger partial charge in [-0.3, -0.25) is 4.79 Å². The Kier molecular flexibility index (Phi) is 5.78. The maximum Gasteiger partial charge on any atom is 0.273 e. The summed E-state index contributed by atoms with van der Waals surface area (Å²) in [6.07, 6.45) is 8.03. The fraction of sp³-hybridized carbons (Fsp3) is 0.435. The van der Waals surface area contributed by atoms with E-state index in [1.165, 1.54) is 0 Å². The van der Waals surface area contributed by atoms with Crippen LogP contribution in [0.1, 0.15) is 60.8 Å². The molecule has 2 fully saturated rings. The van der Waals surface area contributed by atoms with Crippen molar-refractivity contribution in [2.75, 3.05) is 0 Å². The predicted octanol–water partition coefficient (Wildman–Crippen LogP) is 4.36. The molecule has 2 saturated carbocycles. The molecule has 31 heavy (non-hydrogen) atoms. The molecule has 1 amide bonds. The summed E-state index contributed by atoms with van der Waals surface area (Å²) in [7, 11) is 0. The summed E-state index contributed by atoms with van der Waals surface area (Å²) >= 11 is 6.27. The molecule has 0 bridgehead atoms. The number of carbonyl (C=O) groups is 1. The van der Waals surface area contributed by atoms with Crippen LogP contribution in [0.4, 0.5) is 0 Å². The number of benzene rings is 1. The zero-order valence-electron chi connectivity index (χ0n) is 17.3. The highest BCUT2D eigenvalue weighted by atomic mass is 35.5. The van der Waals surface area contributed by atoms with Gasteiger partial charge < -0.3 is 15.1 Å². The smallest absolute Gasteiger partial charge is 0.273 e. The van der Waals surface area contributed by atoms with E-state index in [4.69, 9.17) is 16.0 Å². The summed E-state index contributed by atoms with van der Waals surface area (Å²) in [5.41, 5.74) is 1.33. The zero-order chi connectivity index (χ0) is 21.2. The Hall–Kier alpha value is -2.64. The molecule has 2 N–H and O–H groups in total. The molecule has 162 valence electrons. The summed E-state index contributed by atoms with van der Waals surface area (Å²) in [4.78, 5) is 12.1. The number of aromatic nitrogens is 3. The van der Waals surface area contributed by atoms with Gasteiger partial charge in [0.1, 0.15) is 11.5 Å². The molecule has 0 spiro atoms. The second kappa shape index (κ2) is 8.85. The molecule has 2 aliphatic carbocycles. The predicted molar refractivity (Wildman–Crippen MR) is 118 cm³/mol. The van der Waals surface area contributed by atoms with Crippen LogP contribution < -0.4 is 10.6 Å². The summed E-state index contributed by atoms with van der Waals surface area (Å²) in [6, 6.07) is 12.7. The first-order chi connectivity index (χ1) is 15.2. The van der Waals surface area contributed by atoms with Crippen molar-refractivity contribution in [3.05, 3.63) is 59.1 Å². The average molecular weight is 440 g/mol. The molecule has 7 nitrogen and oxygen atoms in total. The lowest BCUT2D eigenvalue weighted by atomic mass is 9.91. The molecule has 3 aromatic rings. The Labute approximate surface area is 186 Å². The lowest BCUT2D eigenvalue weighted by Gasteiger charge is -2.28. The molecule has 0 atom stereocenters.